The summed E-state index contributed by atoms with van der Waals surface area (Å²) in [6.07, 6.45) is 5.66. The van der Waals surface area contributed by atoms with Gasteiger partial charge >= 0.3 is 0 Å². The summed E-state index contributed by atoms with van der Waals surface area (Å²) in [6, 6.07) is 6.11. The van der Waals surface area contributed by atoms with Gasteiger partial charge in [-0.3, -0.25) is 5.10 Å². The summed E-state index contributed by atoms with van der Waals surface area (Å²) in [5.41, 5.74) is 1.06. The maximum absolute atomic E-state index is 6.09. The van der Waals surface area contributed by atoms with E-state index in [-0.39, 0.29) is 0 Å². The molecule has 1 aliphatic rings. The topological polar surface area (TPSA) is 41.1 Å². The average molecular weight is 245 g/mol. The minimum Gasteiger partial charge on any atom is -0.490 e. The van der Waals surface area contributed by atoms with Crippen molar-refractivity contribution in [3.8, 4) is 5.75 Å². The Hall–Kier alpha value is -1.55. The highest BCUT2D eigenvalue weighted by molar-refractivity contribution is 5.79. The third kappa shape index (κ3) is 2.48. The number of hydrogen-bond acceptors (Lipinski definition) is 3. The van der Waals surface area contributed by atoms with Crippen molar-refractivity contribution < 1.29 is 4.74 Å². The number of nitrogens with one attached hydrogen (secondary N) is 1. The molecule has 0 spiro atoms. The van der Waals surface area contributed by atoms with Crippen LogP contribution in [0.15, 0.2) is 24.4 Å². The lowest BCUT2D eigenvalue weighted by atomic mass is 10.1. The number of fused-ring (bicyclic) bond motifs is 1. The molecular weight excluding hydrogens is 226 g/mol. The molecule has 3 rings (SSSR count). The van der Waals surface area contributed by atoms with Crippen LogP contribution in [0.2, 0.25) is 0 Å². The average Bonchev–Trinajstić information content (AvgIpc) is 2.74. The van der Waals surface area contributed by atoms with Gasteiger partial charge < -0.3 is 9.64 Å². The molecule has 0 saturated carbocycles. The summed E-state index contributed by atoms with van der Waals surface area (Å²) in [5, 5.41) is 8.09. The maximum atomic E-state index is 6.09. The molecule has 1 aliphatic heterocycles. The highest BCUT2D eigenvalue weighted by Gasteiger charge is 2.16. The van der Waals surface area contributed by atoms with Gasteiger partial charge in [-0.1, -0.05) is 0 Å². The highest BCUT2D eigenvalue weighted by atomic mass is 16.5. The van der Waals surface area contributed by atoms with Crippen molar-refractivity contribution >= 4 is 10.9 Å². The number of nitrogens with zero attached hydrogens (tertiary/aromatic N) is 2. The smallest absolute Gasteiger partial charge is 0.120 e. The second kappa shape index (κ2) is 4.98. The van der Waals surface area contributed by atoms with E-state index in [2.05, 4.69) is 28.2 Å². The molecule has 1 aromatic heterocycles. The molecule has 1 fully saturated rings. The normalized spacial score (nSPS) is 21.9. The molecule has 2 aromatic rings. The monoisotopic (exact) mass is 245 g/mol. The summed E-state index contributed by atoms with van der Waals surface area (Å²) in [6.45, 7) is 2.30. The molecule has 1 atom stereocenters. The molecule has 0 radical (unpaired) electrons. The molecular formula is C14H19N3O. The fourth-order valence-corrected chi connectivity index (χ4v) is 2.51. The highest BCUT2D eigenvalue weighted by Crippen LogP contribution is 2.22. The van der Waals surface area contributed by atoms with Crippen LogP contribution in [0.1, 0.15) is 19.3 Å². The number of rotatable bonds is 2. The van der Waals surface area contributed by atoms with E-state index in [0.29, 0.717) is 6.10 Å². The Morgan fingerprint density at radius 2 is 2.28 bits per heavy atom. The van der Waals surface area contributed by atoms with Gasteiger partial charge in [-0.2, -0.15) is 5.10 Å². The molecule has 18 heavy (non-hydrogen) atoms. The maximum Gasteiger partial charge on any atom is 0.120 e. The van der Waals surface area contributed by atoms with E-state index in [0.717, 1.165) is 36.0 Å². The van der Waals surface area contributed by atoms with Gasteiger partial charge in [0.2, 0.25) is 0 Å². The number of aromatic nitrogens is 2. The lowest BCUT2D eigenvalue weighted by Gasteiger charge is -2.17. The van der Waals surface area contributed by atoms with Gasteiger partial charge in [0.25, 0.3) is 0 Å². The molecule has 4 heteroatoms. The first-order chi connectivity index (χ1) is 8.81. The van der Waals surface area contributed by atoms with E-state index in [1.54, 1.807) is 0 Å². The minimum atomic E-state index is 0.347. The molecule has 0 bridgehead atoms. The van der Waals surface area contributed by atoms with Crippen molar-refractivity contribution in [3.05, 3.63) is 24.4 Å². The summed E-state index contributed by atoms with van der Waals surface area (Å²) in [5.74, 6) is 0.957. The van der Waals surface area contributed by atoms with Crippen LogP contribution in [0.25, 0.3) is 10.9 Å². The zero-order chi connectivity index (χ0) is 12.4. The largest absolute Gasteiger partial charge is 0.490 e. The van der Waals surface area contributed by atoms with Gasteiger partial charge in [-0.05, 0) is 51.1 Å². The Morgan fingerprint density at radius 3 is 3.22 bits per heavy atom. The van der Waals surface area contributed by atoms with E-state index < -0.39 is 0 Å². The number of ether oxygens (including phenoxy) is 1. The van der Waals surface area contributed by atoms with Crippen molar-refractivity contribution in [1.82, 2.24) is 15.1 Å². The first-order valence-corrected chi connectivity index (χ1v) is 6.59. The number of likely N-dealkylation sites (tertiary alicyclic amines) is 1. The van der Waals surface area contributed by atoms with Crippen LogP contribution in [-0.2, 0) is 0 Å². The molecule has 1 saturated heterocycles. The molecule has 4 nitrogen and oxygen atoms in total. The van der Waals surface area contributed by atoms with Gasteiger partial charge in [-0.25, -0.2) is 0 Å². The quantitative estimate of drug-likeness (QED) is 0.883. The Morgan fingerprint density at radius 1 is 1.33 bits per heavy atom. The Bertz CT molecular complexity index is 522. The summed E-state index contributed by atoms with van der Waals surface area (Å²) in [4.78, 5) is 2.38. The number of hydrogen-bond donors (Lipinski definition) is 1. The molecule has 1 N–H and O–H groups in total. The zero-order valence-corrected chi connectivity index (χ0v) is 10.7. The van der Waals surface area contributed by atoms with Crippen molar-refractivity contribution in [1.29, 1.82) is 0 Å². The fourth-order valence-electron chi connectivity index (χ4n) is 2.51. The van der Waals surface area contributed by atoms with E-state index in [4.69, 9.17) is 4.74 Å². The summed E-state index contributed by atoms with van der Waals surface area (Å²) < 4.78 is 6.09. The molecule has 2 heterocycles. The summed E-state index contributed by atoms with van der Waals surface area (Å²) in [7, 11) is 2.18. The Kier molecular flexibility index (Phi) is 3.19. The van der Waals surface area contributed by atoms with Crippen LogP contribution in [0, 0.1) is 0 Å². The Labute approximate surface area is 107 Å². The van der Waals surface area contributed by atoms with E-state index in [1.165, 1.54) is 13.0 Å². The van der Waals surface area contributed by atoms with Gasteiger partial charge in [0.05, 0.1) is 17.8 Å². The van der Waals surface area contributed by atoms with E-state index >= 15 is 0 Å². The van der Waals surface area contributed by atoms with Crippen molar-refractivity contribution in [3.63, 3.8) is 0 Å². The second-order valence-electron chi connectivity index (χ2n) is 5.09. The van der Waals surface area contributed by atoms with Crippen molar-refractivity contribution in [2.24, 2.45) is 0 Å². The molecule has 1 unspecified atom stereocenters. The van der Waals surface area contributed by atoms with E-state index in [1.807, 2.05) is 18.3 Å². The van der Waals surface area contributed by atoms with Crippen LogP contribution in [0.5, 0.6) is 5.75 Å². The lowest BCUT2D eigenvalue weighted by molar-refractivity contribution is 0.183. The lowest BCUT2D eigenvalue weighted by Crippen LogP contribution is -2.21. The SMILES string of the molecule is CN1CCCC(Oc2ccc3[nH]ncc3c2)CC1. The predicted molar refractivity (Wildman–Crippen MR) is 71.9 cm³/mol. The van der Waals surface area contributed by atoms with Crippen LogP contribution in [0.3, 0.4) is 0 Å². The molecule has 1 aromatic carbocycles. The third-order valence-corrected chi connectivity index (χ3v) is 3.61. The first kappa shape index (κ1) is 11.5. The summed E-state index contributed by atoms with van der Waals surface area (Å²) >= 11 is 0. The molecule has 0 aliphatic carbocycles. The van der Waals surface area contributed by atoms with Gasteiger partial charge in [0, 0.05) is 11.9 Å². The second-order valence-corrected chi connectivity index (χ2v) is 5.09. The van der Waals surface area contributed by atoms with Gasteiger partial charge in [-0.15, -0.1) is 0 Å². The zero-order valence-electron chi connectivity index (χ0n) is 10.7. The molecule has 96 valence electrons. The number of H-pyrrole nitrogens is 1. The van der Waals surface area contributed by atoms with Crippen LogP contribution in [0.4, 0.5) is 0 Å². The van der Waals surface area contributed by atoms with Crippen LogP contribution >= 0.6 is 0 Å². The minimum absolute atomic E-state index is 0.347. The van der Waals surface area contributed by atoms with E-state index in [9.17, 15) is 0 Å². The van der Waals surface area contributed by atoms with Gasteiger partial charge in [0.15, 0.2) is 0 Å². The molecule has 0 amide bonds. The Balaban J connectivity index is 1.71. The standard InChI is InChI=1S/C14H19N3O/c1-17-7-2-3-12(6-8-17)18-13-4-5-14-11(9-13)10-15-16-14/h4-5,9-10,12H,2-3,6-8H2,1H3,(H,15,16). The van der Waals surface area contributed by atoms with Crippen molar-refractivity contribution in [2.75, 3.05) is 20.1 Å². The van der Waals surface area contributed by atoms with Gasteiger partial charge in [0.1, 0.15) is 5.75 Å². The first-order valence-electron chi connectivity index (χ1n) is 6.59. The number of aromatic amines is 1. The number of benzene rings is 1. The third-order valence-electron chi connectivity index (χ3n) is 3.61. The van der Waals surface area contributed by atoms with Crippen LogP contribution < -0.4 is 4.74 Å². The fraction of sp³-hybridized carbons (Fsp3) is 0.500. The van der Waals surface area contributed by atoms with Crippen molar-refractivity contribution in [2.45, 2.75) is 25.4 Å². The predicted octanol–water partition coefficient (Wildman–Crippen LogP) is 2.43. The van der Waals surface area contributed by atoms with Crippen LogP contribution in [-0.4, -0.2) is 41.3 Å².